The number of nitrogens with one attached hydrogen (secondary N) is 1. The number of hydrogen-bond acceptors (Lipinski definition) is 5. The lowest BCUT2D eigenvalue weighted by Gasteiger charge is -2.08. The number of amides is 1. The van der Waals surface area contributed by atoms with Gasteiger partial charge in [0.15, 0.2) is 12.4 Å². The molecule has 6 nitrogen and oxygen atoms in total. The lowest BCUT2D eigenvalue weighted by Crippen LogP contribution is -2.29. The Bertz CT molecular complexity index is 656. The zero-order chi connectivity index (χ0) is 16.5. The van der Waals surface area contributed by atoms with Crippen molar-refractivity contribution < 1.29 is 14.4 Å². The van der Waals surface area contributed by atoms with Gasteiger partial charge < -0.3 is 20.6 Å². The van der Waals surface area contributed by atoms with E-state index in [1.807, 2.05) is 41.1 Å². The Morgan fingerprint density at radius 3 is 2.91 bits per heavy atom. The SMILES string of the molecule is COc1ccccc1CCNC(=O)CO/N=C(\N)c1ccsc1. The molecule has 1 aromatic carbocycles. The van der Waals surface area contributed by atoms with Crippen molar-refractivity contribution in [3.05, 3.63) is 52.2 Å². The first kappa shape index (κ1) is 16.8. The summed E-state index contributed by atoms with van der Waals surface area (Å²) in [6.45, 7) is 0.322. The average Bonchev–Trinajstić information content (AvgIpc) is 3.10. The van der Waals surface area contributed by atoms with Crippen molar-refractivity contribution in [2.75, 3.05) is 20.3 Å². The fourth-order valence-corrected chi connectivity index (χ4v) is 2.57. The van der Waals surface area contributed by atoms with Crippen LogP contribution in [0.2, 0.25) is 0 Å². The fourth-order valence-electron chi connectivity index (χ4n) is 1.92. The number of benzene rings is 1. The van der Waals surface area contributed by atoms with Crippen LogP contribution in [0, 0.1) is 0 Å². The average molecular weight is 333 g/mol. The molecule has 0 aliphatic carbocycles. The molecular weight excluding hydrogens is 314 g/mol. The van der Waals surface area contributed by atoms with Gasteiger partial charge in [0.25, 0.3) is 5.91 Å². The van der Waals surface area contributed by atoms with Gasteiger partial charge in [0.2, 0.25) is 0 Å². The zero-order valence-electron chi connectivity index (χ0n) is 12.8. The van der Waals surface area contributed by atoms with Gasteiger partial charge in [-0.15, -0.1) is 0 Å². The van der Waals surface area contributed by atoms with E-state index in [1.165, 1.54) is 11.3 Å². The highest BCUT2D eigenvalue weighted by atomic mass is 32.1. The van der Waals surface area contributed by atoms with Crippen LogP contribution >= 0.6 is 11.3 Å². The number of ether oxygens (including phenoxy) is 1. The third-order valence-corrected chi connectivity index (χ3v) is 3.77. The van der Waals surface area contributed by atoms with Crippen molar-refractivity contribution in [2.45, 2.75) is 6.42 Å². The first-order valence-electron chi connectivity index (χ1n) is 7.07. The van der Waals surface area contributed by atoms with E-state index < -0.39 is 0 Å². The van der Waals surface area contributed by atoms with Crippen molar-refractivity contribution >= 4 is 23.1 Å². The Labute approximate surface area is 138 Å². The molecule has 0 atom stereocenters. The molecule has 2 rings (SSSR count). The van der Waals surface area contributed by atoms with Crippen LogP contribution in [0.5, 0.6) is 5.75 Å². The number of carbonyl (C=O) groups excluding carboxylic acids is 1. The lowest BCUT2D eigenvalue weighted by atomic mass is 10.1. The minimum absolute atomic E-state index is 0.170. The Morgan fingerprint density at radius 2 is 2.17 bits per heavy atom. The van der Waals surface area contributed by atoms with Crippen LogP contribution in [0.15, 0.2) is 46.2 Å². The van der Waals surface area contributed by atoms with Gasteiger partial charge in [-0.05, 0) is 29.5 Å². The molecule has 0 radical (unpaired) electrons. The van der Waals surface area contributed by atoms with Gasteiger partial charge in [0, 0.05) is 17.5 Å². The standard InChI is InChI=1S/C16H19N3O3S/c1-21-14-5-3-2-4-12(14)6-8-18-15(20)10-22-19-16(17)13-7-9-23-11-13/h2-5,7,9,11H,6,8,10H2,1H3,(H2,17,19)(H,18,20). The second-order valence-electron chi connectivity index (χ2n) is 4.67. The van der Waals surface area contributed by atoms with Crippen molar-refractivity contribution in [3.8, 4) is 5.75 Å². The topological polar surface area (TPSA) is 85.9 Å². The number of nitrogens with two attached hydrogens (primary N) is 1. The highest BCUT2D eigenvalue weighted by molar-refractivity contribution is 7.08. The van der Waals surface area contributed by atoms with Gasteiger partial charge in [-0.2, -0.15) is 11.3 Å². The van der Waals surface area contributed by atoms with Gasteiger partial charge in [-0.1, -0.05) is 23.4 Å². The monoisotopic (exact) mass is 333 g/mol. The van der Waals surface area contributed by atoms with Crippen molar-refractivity contribution in [1.82, 2.24) is 5.32 Å². The number of rotatable bonds is 8. The van der Waals surface area contributed by atoms with E-state index in [4.69, 9.17) is 15.3 Å². The summed E-state index contributed by atoms with van der Waals surface area (Å²) in [5.74, 6) is 0.820. The maximum atomic E-state index is 11.7. The van der Waals surface area contributed by atoms with Gasteiger partial charge in [-0.25, -0.2) is 0 Å². The molecule has 3 N–H and O–H groups in total. The van der Waals surface area contributed by atoms with E-state index in [2.05, 4.69) is 10.5 Å². The number of thiophene rings is 1. The normalized spacial score (nSPS) is 11.1. The number of para-hydroxylation sites is 1. The summed E-state index contributed by atoms with van der Waals surface area (Å²) in [4.78, 5) is 16.6. The molecule has 0 aliphatic rings. The van der Waals surface area contributed by atoms with E-state index >= 15 is 0 Å². The Balaban J connectivity index is 1.70. The number of carbonyl (C=O) groups is 1. The minimum Gasteiger partial charge on any atom is -0.496 e. The van der Waals surface area contributed by atoms with E-state index in [0.717, 1.165) is 16.9 Å². The summed E-state index contributed by atoms with van der Waals surface area (Å²) in [7, 11) is 1.63. The zero-order valence-corrected chi connectivity index (χ0v) is 13.6. The quantitative estimate of drug-likeness (QED) is 0.438. The predicted octanol–water partition coefficient (Wildman–Crippen LogP) is 1.75. The molecule has 0 saturated heterocycles. The summed E-state index contributed by atoms with van der Waals surface area (Å²) >= 11 is 1.51. The van der Waals surface area contributed by atoms with E-state index in [9.17, 15) is 4.79 Å². The first-order valence-corrected chi connectivity index (χ1v) is 8.01. The van der Waals surface area contributed by atoms with Gasteiger partial charge in [0.1, 0.15) is 5.75 Å². The number of methoxy groups -OCH3 is 1. The summed E-state index contributed by atoms with van der Waals surface area (Å²) in [5, 5.41) is 10.2. The molecule has 0 spiro atoms. The number of hydrogen-bond donors (Lipinski definition) is 2. The number of amidine groups is 1. The number of oxime groups is 1. The van der Waals surface area contributed by atoms with E-state index in [-0.39, 0.29) is 18.3 Å². The highest BCUT2D eigenvalue weighted by Gasteiger charge is 2.05. The Morgan fingerprint density at radius 1 is 1.35 bits per heavy atom. The third kappa shape index (κ3) is 5.30. The summed E-state index contributed by atoms with van der Waals surface area (Å²) in [6.07, 6.45) is 0.677. The van der Waals surface area contributed by atoms with Crippen molar-refractivity contribution in [1.29, 1.82) is 0 Å². The maximum Gasteiger partial charge on any atom is 0.260 e. The summed E-state index contributed by atoms with van der Waals surface area (Å²) in [6, 6.07) is 9.53. The Kier molecular flexibility index (Phi) is 6.43. The Hall–Kier alpha value is -2.54. The lowest BCUT2D eigenvalue weighted by molar-refractivity contribution is -0.125. The molecule has 23 heavy (non-hydrogen) atoms. The van der Waals surface area contributed by atoms with Crippen molar-refractivity contribution in [2.24, 2.45) is 10.9 Å². The third-order valence-electron chi connectivity index (χ3n) is 3.08. The smallest absolute Gasteiger partial charge is 0.260 e. The molecule has 0 saturated carbocycles. The number of nitrogens with zero attached hydrogens (tertiary/aromatic N) is 1. The van der Waals surface area contributed by atoms with Gasteiger partial charge in [-0.3, -0.25) is 4.79 Å². The molecule has 0 unspecified atom stereocenters. The predicted molar refractivity (Wildman–Crippen MR) is 90.7 cm³/mol. The van der Waals surface area contributed by atoms with Crippen molar-refractivity contribution in [3.63, 3.8) is 0 Å². The molecule has 1 heterocycles. The van der Waals surface area contributed by atoms with Crippen LogP contribution in [0.25, 0.3) is 0 Å². The largest absolute Gasteiger partial charge is 0.496 e. The fraction of sp³-hybridized carbons (Fsp3) is 0.250. The van der Waals surface area contributed by atoms with Crippen LogP contribution in [0.4, 0.5) is 0 Å². The molecule has 2 aromatic rings. The van der Waals surface area contributed by atoms with Crippen LogP contribution in [0.1, 0.15) is 11.1 Å². The molecule has 1 aromatic heterocycles. The van der Waals surface area contributed by atoms with Crippen LogP contribution in [0.3, 0.4) is 0 Å². The summed E-state index contributed by atoms with van der Waals surface area (Å²) in [5.41, 5.74) is 7.54. The summed E-state index contributed by atoms with van der Waals surface area (Å²) < 4.78 is 5.26. The van der Waals surface area contributed by atoms with Crippen LogP contribution in [-0.4, -0.2) is 32.0 Å². The molecule has 0 aliphatic heterocycles. The van der Waals surface area contributed by atoms with Gasteiger partial charge >= 0.3 is 0 Å². The molecule has 7 heteroatoms. The first-order chi connectivity index (χ1) is 11.2. The van der Waals surface area contributed by atoms with Gasteiger partial charge in [0.05, 0.1) is 7.11 Å². The second kappa shape index (κ2) is 8.79. The maximum absolute atomic E-state index is 11.7. The molecule has 1 amide bonds. The molecule has 0 fully saturated rings. The highest BCUT2D eigenvalue weighted by Crippen LogP contribution is 2.17. The molecule has 0 bridgehead atoms. The minimum atomic E-state index is -0.248. The van der Waals surface area contributed by atoms with E-state index in [0.29, 0.717) is 13.0 Å². The second-order valence-corrected chi connectivity index (χ2v) is 5.45. The molecule has 122 valence electrons. The van der Waals surface area contributed by atoms with Crippen LogP contribution < -0.4 is 15.8 Å². The molecular formula is C16H19N3O3S. The van der Waals surface area contributed by atoms with E-state index in [1.54, 1.807) is 7.11 Å². The van der Waals surface area contributed by atoms with Crippen LogP contribution in [-0.2, 0) is 16.1 Å².